The molecule has 0 fully saturated rings. The van der Waals surface area contributed by atoms with Crippen molar-refractivity contribution in [2.45, 2.75) is 26.5 Å². The molecule has 4 nitrogen and oxygen atoms in total. The minimum atomic E-state index is -0.514. The molecular weight excluding hydrogens is 206 g/mol. The smallest absolute Gasteiger partial charge is 0.165 e. The molecule has 90 valence electrons. The van der Waals surface area contributed by atoms with Gasteiger partial charge < -0.3 is 20.3 Å². The molecule has 1 aromatic rings. The molecule has 0 amide bonds. The second-order valence-corrected chi connectivity index (χ2v) is 3.54. The van der Waals surface area contributed by atoms with Gasteiger partial charge in [-0.2, -0.15) is 0 Å². The molecule has 4 heteroatoms. The fourth-order valence-corrected chi connectivity index (χ4v) is 1.36. The lowest BCUT2D eigenvalue weighted by Crippen LogP contribution is -2.15. The number of hydrogen-bond donors (Lipinski definition) is 2. The molecule has 0 aromatic heterocycles. The summed E-state index contributed by atoms with van der Waals surface area (Å²) in [5.41, 5.74) is 6.51. The maximum atomic E-state index is 9.20. The van der Waals surface area contributed by atoms with Gasteiger partial charge in [-0.05, 0) is 19.9 Å². The lowest BCUT2D eigenvalue weighted by molar-refractivity contribution is 0.119. The zero-order chi connectivity index (χ0) is 12.0. The van der Waals surface area contributed by atoms with E-state index in [2.05, 4.69) is 0 Å². The third-order valence-corrected chi connectivity index (χ3v) is 2.05. The molecule has 0 radical (unpaired) electrons. The van der Waals surface area contributed by atoms with Crippen molar-refractivity contribution >= 4 is 0 Å². The first-order valence-corrected chi connectivity index (χ1v) is 5.44. The highest BCUT2D eigenvalue weighted by molar-refractivity contribution is 5.46. The number of hydrogen-bond acceptors (Lipinski definition) is 4. The predicted octanol–water partition coefficient (Wildman–Crippen LogP) is 1.30. The molecule has 1 rings (SSSR count). The highest BCUT2D eigenvalue weighted by Crippen LogP contribution is 2.31. The Balaban J connectivity index is 2.90. The Morgan fingerprint density at radius 2 is 2.12 bits per heavy atom. The van der Waals surface area contributed by atoms with Gasteiger partial charge >= 0.3 is 0 Å². The van der Waals surface area contributed by atoms with E-state index in [-0.39, 0.29) is 6.61 Å². The van der Waals surface area contributed by atoms with E-state index >= 15 is 0 Å². The SMILES string of the molecule is CCOc1cccc(CN)c1OCC(C)O. The lowest BCUT2D eigenvalue weighted by atomic mass is 10.2. The van der Waals surface area contributed by atoms with Gasteiger partial charge in [0.05, 0.1) is 12.7 Å². The molecule has 1 unspecified atom stereocenters. The van der Waals surface area contributed by atoms with E-state index in [1.165, 1.54) is 0 Å². The van der Waals surface area contributed by atoms with Gasteiger partial charge in [0.1, 0.15) is 6.61 Å². The summed E-state index contributed by atoms with van der Waals surface area (Å²) in [6.45, 7) is 4.77. The van der Waals surface area contributed by atoms with E-state index < -0.39 is 6.10 Å². The average Bonchev–Trinajstić information content (AvgIpc) is 2.27. The highest BCUT2D eigenvalue weighted by Gasteiger charge is 2.10. The van der Waals surface area contributed by atoms with Crippen LogP contribution in [-0.4, -0.2) is 24.4 Å². The number of aliphatic hydroxyl groups is 1. The average molecular weight is 225 g/mol. The number of rotatable bonds is 6. The second kappa shape index (κ2) is 6.35. The topological polar surface area (TPSA) is 64.7 Å². The first-order chi connectivity index (χ1) is 7.69. The normalized spacial score (nSPS) is 12.2. The van der Waals surface area contributed by atoms with Crippen LogP contribution in [0.3, 0.4) is 0 Å². The highest BCUT2D eigenvalue weighted by atomic mass is 16.5. The summed E-state index contributed by atoms with van der Waals surface area (Å²) >= 11 is 0. The molecule has 0 spiro atoms. The summed E-state index contributed by atoms with van der Waals surface area (Å²) in [6, 6.07) is 5.60. The van der Waals surface area contributed by atoms with Crippen LogP contribution in [0.1, 0.15) is 19.4 Å². The number of ether oxygens (including phenoxy) is 2. The standard InChI is InChI=1S/C12H19NO3/c1-3-15-11-6-4-5-10(7-13)12(11)16-8-9(2)14/h4-6,9,14H,3,7-8,13H2,1-2H3. The second-order valence-electron chi connectivity index (χ2n) is 3.54. The van der Waals surface area contributed by atoms with Crippen molar-refractivity contribution in [1.29, 1.82) is 0 Å². The first-order valence-electron chi connectivity index (χ1n) is 5.44. The van der Waals surface area contributed by atoms with Crippen molar-refractivity contribution in [3.8, 4) is 11.5 Å². The van der Waals surface area contributed by atoms with Crippen molar-refractivity contribution < 1.29 is 14.6 Å². The van der Waals surface area contributed by atoms with Crippen LogP contribution in [0.2, 0.25) is 0 Å². The van der Waals surface area contributed by atoms with Gasteiger partial charge in [-0.15, -0.1) is 0 Å². The van der Waals surface area contributed by atoms with Gasteiger partial charge in [-0.1, -0.05) is 12.1 Å². The monoisotopic (exact) mass is 225 g/mol. The predicted molar refractivity (Wildman–Crippen MR) is 62.7 cm³/mol. The van der Waals surface area contributed by atoms with Crippen LogP contribution in [0.4, 0.5) is 0 Å². The van der Waals surface area contributed by atoms with Gasteiger partial charge in [0.15, 0.2) is 11.5 Å². The first kappa shape index (κ1) is 12.8. The fraction of sp³-hybridized carbons (Fsp3) is 0.500. The Kier molecular flexibility index (Phi) is 5.08. The Hall–Kier alpha value is -1.26. The van der Waals surface area contributed by atoms with Gasteiger partial charge in [0, 0.05) is 12.1 Å². The van der Waals surface area contributed by atoms with Crippen molar-refractivity contribution in [2.24, 2.45) is 5.73 Å². The molecule has 0 aliphatic heterocycles. The fourth-order valence-electron chi connectivity index (χ4n) is 1.36. The molecule has 0 aliphatic rings. The minimum Gasteiger partial charge on any atom is -0.490 e. The number of nitrogens with two attached hydrogens (primary N) is 1. The summed E-state index contributed by atoms with van der Waals surface area (Å²) in [5.74, 6) is 1.30. The van der Waals surface area contributed by atoms with Crippen LogP contribution in [0.25, 0.3) is 0 Å². The van der Waals surface area contributed by atoms with Crippen molar-refractivity contribution in [2.75, 3.05) is 13.2 Å². The van der Waals surface area contributed by atoms with E-state index in [1.807, 2.05) is 25.1 Å². The Morgan fingerprint density at radius 3 is 2.69 bits per heavy atom. The summed E-state index contributed by atoms with van der Waals surface area (Å²) in [5, 5.41) is 9.20. The molecule has 1 aromatic carbocycles. The quantitative estimate of drug-likeness (QED) is 0.766. The molecule has 0 heterocycles. The largest absolute Gasteiger partial charge is 0.490 e. The summed E-state index contributed by atoms with van der Waals surface area (Å²) in [6.07, 6.45) is -0.514. The van der Waals surface area contributed by atoms with Crippen LogP contribution in [0, 0.1) is 0 Å². The van der Waals surface area contributed by atoms with E-state index in [1.54, 1.807) is 6.92 Å². The Morgan fingerprint density at radius 1 is 1.38 bits per heavy atom. The minimum absolute atomic E-state index is 0.233. The molecule has 1 atom stereocenters. The van der Waals surface area contributed by atoms with E-state index in [0.717, 1.165) is 5.56 Å². The van der Waals surface area contributed by atoms with E-state index in [9.17, 15) is 5.11 Å². The lowest BCUT2D eigenvalue weighted by Gasteiger charge is -2.15. The molecule has 0 saturated heterocycles. The van der Waals surface area contributed by atoms with Crippen molar-refractivity contribution in [3.05, 3.63) is 23.8 Å². The van der Waals surface area contributed by atoms with Crippen LogP contribution < -0.4 is 15.2 Å². The van der Waals surface area contributed by atoms with Crippen LogP contribution in [0.5, 0.6) is 11.5 Å². The third-order valence-electron chi connectivity index (χ3n) is 2.05. The molecule has 0 aliphatic carbocycles. The number of benzene rings is 1. The van der Waals surface area contributed by atoms with E-state index in [0.29, 0.717) is 24.7 Å². The van der Waals surface area contributed by atoms with Gasteiger partial charge in [0.25, 0.3) is 0 Å². The molecule has 0 bridgehead atoms. The Labute approximate surface area is 96.0 Å². The third kappa shape index (κ3) is 3.40. The van der Waals surface area contributed by atoms with Crippen molar-refractivity contribution in [1.82, 2.24) is 0 Å². The van der Waals surface area contributed by atoms with Crippen LogP contribution in [0.15, 0.2) is 18.2 Å². The molecule has 16 heavy (non-hydrogen) atoms. The van der Waals surface area contributed by atoms with Crippen molar-refractivity contribution in [3.63, 3.8) is 0 Å². The van der Waals surface area contributed by atoms with Crippen LogP contribution >= 0.6 is 0 Å². The molecule has 0 saturated carbocycles. The maximum absolute atomic E-state index is 9.20. The van der Waals surface area contributed by atoms with Gasteiger partial charge in [-0.25, -0.2) is 0 Å². The van der Waals surface area contributed by atoms with Crippen LogP contribution in [-0.2, 0) is 6.54 Å². The zero-order valence-corrected chi connectivity index (χ0v) is 9.77. The summed E-state index contributed by atoms with van der Waals surface area (Å²) < 4.78 is 11.0. The Bertz CT molecular complexity index is 326. The summed E-state index contributed by atoms with van der Waals surface area (Å²) in [7, 11) is 0. The number of aliphatic hydroxyl groups excluding tert-OH is 1. The molecule has 3 N–H and O–H groups in total. The van der Waals surface area contributed by atoms with E-state index in [4.69, 9.17) is 15.2 Å². The zero-order valence-electron chi connectivity index (χ0n) is 9.77. The van der Waals surface area contributed by atoms with Gasteiger partial charge in [0.2, 0.25) is 0 Å². The summed E-state index contributed by atoms with van der Waals surface area (Å²) in [4.78, 5) is 0. The maximum Gasteiger partial charge on any atom is 0.165 e. The van der Waals surface area contributed by atoms with Gasteiger partial charge in [-0.3, -0.25) is 0 Å². The molecular formula is C12H19NO3. The number of para-hydroxylation sites is 1.